The van der Waals surface area contributed by atoms with Crippen molar-refractivity contribution in [3.63, 3.8) is 0 Å². The van der Waals surface area contributed by atoms with Gasteiger partial charge in [0.1, 0.15) is 6.54 Å². The lowest BCUT2D eigenvalue weighted by Crippen LogP contribution is -2.38. The minimum Gasteiger partial charge on any atom is -0.490 e. The van der Waals surface area contributed by atoms with E-state index in [1.165, 1.54) is 5.56 Å². The Balaban J connectivity index is 1.60. The molecule has 0 aliphatic rings. The summed E-state index contributed by atoms with van der Waals surface area (Å²) in [5.74, 6) is 3.12. The van der Waals surface area contributed by atoms with Gasteiger partial charge in [-0.1, -0.05) is 12.1 Å². The van der Waals surface area contributed by atoms with Crippen LogP contribution in [-0.2, 0) is 13.0 Å². The summed E-state index contributed by atoms with van der Waals surface area (Å²) in [7, 11) is 0. The van der Waals surface area contributed by atoms with Crippen LogP contribution < -0.4 is 20.1 Å². The van der Waals surface area contributed by atoms with Crippen molar-refractivity contribution in [2.45, 2.75) is 33.7 Å². The number of hydrogen-bond donors (Lipinski definition) is 2. The van der Waals surface area contributed by atoms with Gasteiger partial charge in [-0.3, -0.25) is 4.40 Å². The van der Waals surface area contributed by atoms with Crippen molar-refractivity contribution < 1.29 is 9.47 Å². The molecule has 2 heterocycles. The van der Waals surface area contributed by atoms with Crippen LogP contribution in [0.15, 0.2) is 47.6 Å². The van der Waals surface area contributed by atoms with E-state index in [9.17, 15) is 0 Å². The summed E-state index contributed by atoms with van der Waals surface area (Å²) in [5.41, 5.74) is 2.00. The average molecular weight is 411 g/mol. The minimum absolute atomic E-state index is 0.443. The van der Waals surface area contributed by atoms with Crippen molar-refractivity contribution in [1.29, 1.82) is 0 Å². The third-order valence-corrected chi connectivity index (χ3v) is 4.42. The topological polar surface area (TPSA) is 85.1 Å². The Morgan fingerprint density at radius 3 is 2.63 bits per heavy atom. The molecule has 8 nitrogen and oxygen atoms in total. The van der Waals surface area contributed by atoms with Crippen LogP contribution >= 0.6 is 0 Å². The average Bonchev–Trinajstić information content (AvgIpc) is 3.17. The Hall–Kier alpha value is -3.29. The van der Waals surface area contributed by atoms with Gasteiger partial charge in [-0.2, -0.15) is 0 Å². The fourth-order valence-corrected chi connectivity index (χ4v) is 3.07. The van der Waals surface area contributed by atoms with Gasteiger partial charge >= 0.3 is 0 Å². The van der Waals surface area contributed by atoms with E-state index in [4.69, 9.17) is 9.47 Å². The number of nitrogens with zero attached hydrogens (tertiary/aromatic N) is 4. The van der Waals surface area contributed by atoms with E-state index in [0.29, 0.717) is 19.8 Å². The van der Waals surface area contributed by atoms with E-state index in [-0.39, 0.29) is 0 Å². The summed E-state index contributed by atoms with van der Waals surface area (Å²) in [6.45, 7) is 9.18. The lowest BCUT2D eigenvalue weighted by Gasteiger charge is -2.14. The fraction of sp³-hybridized carbons (Fsp3) is 0.409. The number of nitrogens with one attached hydrogen (secondary N) is 2. The summed E-state index contributed by atoms with van der Waals surface area (Å²) in [5, 5.41) is 15.1. The minimum atomic E-state index is 0.443. The summed E-state index contributed by atoms with van der Waals surface area (Å²) >= 11 is 0. The molecule has 0 aliphatic carbocycles. The Morgan fingerprint density at radius 2 is 1.83 bits per heavy atom. The summed E-state index contributed by atoms with van der Waals surface area (Å²) < 4.78 is 13.3. The van der Waals surface area contributed by atoms with Gasteiger partial charge in [-0.25, -0.2) is 4.99 Å². The summed E-state index contributed by atoms with van der Waals surface area (Å²) in [4.78, 5) is 4.65. The number of benzene rings is 1. The predicted molar refractivity (Wildman–Crippen MR) is 118 cm³/mol. The molecule has 0 atom stereocenters. The summed E-state index contributed by atoms with van der Waals surface area (Å²) in [6, 6.07) is 11.9. The van der Waals surface area contributed by atoms with E-state index in [2.05, 4.69) is 31.9 Å². The highest BCUT2D eigenvalue weighted by Crippen LogP contribution is 2.28. The first-order valence-electron chi connectivity index (χ1n) is 10.4. The van der Waals surface area contributed by atoms with Crippen molar-refractivity contribution in [1.82, 2.24) is 25.2 Å². The third kappa shape index (κ3) is 5.62. The van der Waals surface area contributed by atoms with Crippen LogP contribution in [0.25, 0.3) is 5.65 Å². The zero-order chi connectivity index (χ0) is 21.2. The molecule has 2 aromatic heterocycles. The lowest BCUT2D eigenvalue weighted by molar-refractivity contribution is 0.287. The van der Waals surface area contributed by atoms with E-state index < -0.39 is 0 Å². The second kappa shape index (κ2) is 11.0. The molecule has 0 saturated heterocycles. The molecule has 30 heavy (non-hydrogen) atoms. The SMILES string of the molecule is CCNC(=NCc1nnc2ccccn12)NCCc1ccc(OCC)c(OCC)c1. The molecule has 160 valence electrons. The van der Waals surface area contributed by atoms with Crippen LogP contribution in [-0.4, -0.2) is 46.9 Å². The normalized spacial score (nSPS) is 11.5. The molecule has 3 aromatic rings. The molecule has 0 aliphatic heterocycles. The zero-order valence-electron chi connectivity index (χ0n) is 17.9. The van der Waals surface area contributed by atoms with Gasteiger partial charge in [0.05, 0.1) is 13.2 Å². The molecule has 2 N–H and O–H groups in total. The molecular weight excluding hydrogens is 380 g/mol. The first kappa shape index (κ1) is 21.4. The molecule has 1 aromatic carbocycles. The van der Waals surface area contributed by atoms with Gasteiger partial charge in [0.15, 0.2) is 28.9 Å². The van der Waals surface area contributed by atoms with Gasteiger partial charge in [-0.15, -0.1) is 10.2 Å². The molecule has 0 bridgehead atoms. The number of aliphatic imine (C=N–C) groups is 1. The molecular formula is C22H30N6O2. The molecule has 0 spiro atoms. The smallest absolute Gasteiger partial charge is 0.191 e. The number of aromatic nitrogens is 3. The van der Waals surface area contributed by atoms with Crippen LogP contribution in [0.4, 0.5) is 0 Å². The summed E-state index contributed by atoms with van der Waals surface area (Å²) in [6.07, 6.45) is 2.78. The first-order chi connectivity index (χ1) is 14.7. The maximum atomic E-state index is 5.71. The van der Waals surface area contributed by atoms with Gasteiger partial charge < -0.3 is 20.1 Å². The monoisotopic (exact) mass is 410 g/mol. The zero-order valence-corrected chi connectivity index (χ0v) is 17.9. The first-order valence-corrected chi connectivity index (χ1v) is 10.4. The highest BCUT2D eigenvalue weighted by molar-refractivity contribution is 5.79. The number of fused-ring (bicyclic) bond motifs is 1. The third-order valence-electron chi connectivity index (χ3n) is 4.42. The molecule has 8 heteroatoms. The number of hydrogen-bond acceptors (Lipinski definition) is 5. The largest absolute Gasteiger partial charge is 0.490 e. The Morgan fingerprint density at radius 1 is 1.00 bits per heavy atom. The van der Waals surface area contributed by atoms with Crippen molar-refractivity contribution >= 4 is 11.6 Å². The van der Waals surface area contributed by atoms with Crippen LogP contribution in [0.3, 0.4) is 0 Å². The quantitative estimate of drug-likeness (QED) is 0.395. The lowest BCUT2D eigenvalue weighted by atomic mass is 10.1. The maximum absolute atomic E-state index is 5.71. The molecule has 0 fully saturated rings. The van der Waals surface area contributed by atoms with Crippen LogP contribution in [0, 0.1) is 0 Å². The van der Waals surface area contributed by atoms with Crippen molar-refractivity contribution in [3.8, 4) is 11.5 Å². The fourth-order valence-electron chi connectivity index (χ4n) is 3.07. The van der Waals surface area contributed by atoms with Crippen molar-refractivity contribution in [2.24, 2.45) is 4.99 Å². The molecule has 3 rings (SSSR count). The Kier molecular flexibility index (Phi) is 7.88. The van der Waals surface area contributed by atoms with Crippen LogP contribution in [0.1, 0.15) is 32.2 Å². The molecule has 0 unspecified atom stereocenters. The highest BCUT2D eigenvalue weighted by Gasteiger charge is 2.07. The van der Waals surface area contributed by atoms with Crippen LogP contribution in [0.2, 0.25) is 0 Å². The van der Waals surface area contributed by atoms with Crippen molar-refractivity contribution in [2.75, 3.05) is 26.3 Å². The number of guanidine groups is 1. The number of ether oxygens (including phenoxy) is 2. The van der Waals surface area contributed by atoms with Crippen molar-refractivity contribution in [3.05, 3.63) is 54.0 Å². The van der Waals surface area contributed by atoms with Gasteiger partial charge in [0.25, 0.3) is 0 Å². The highest BCUT2D eigenvalue weighted by atomic mass is 16.5. The van der Waals surface area contributed by atoms with Gasteiger partial charge in [0, 0.05) is 19.3 Å². The van der Waals surface area contributed by atoms with E-state index in [1.54, 1.807) is 0 Å². The van der Waals surface area contributed by atoms with Crippen LogP contribution in [0.5, 0.6) is 11.5 Å². The molecule has 0 saturated carbocycles. The van der Waals surface area contributed by atoms with E-state index in [0.717, 1.165) is 48.4 Å². The van der Waals surface area contributed by atoms with E-state index in [1.807, 2.05) is 61.7 Å². The van der Waals surface area contributed by atoms with E-state index >= 15 is 0 Å². The Bertz CT molecular complexity index is 969. The molecule has 0 radical (unpaired) electrons. The maximum Gasteiger partial charge on any atom is 0.191 e. The van der Waals surface area contributed by atoms with Gasteiger partial charge in [-0.05, 0) is 57.0 Å². The molecule has 0 amide bonds. The standard InChI is InChI=1S/C22H30N6O2/c1-4-23-22(25-16-21-27-26-20-9-7-8-14-28(20)21)24-13-12-17-10-11-18(29-5-2)19(15-17)30-6-3/h7-11,14-15H,4-6,12-13,16H2,1-3H3,(H2,23,24,25). The predicted octanol–water partition coefficient (Wildman–Crippen LogP) is 2.82. The number of rotatable bonds is 10. The second-order valence-electron chi connectivity index (χ2n) is 6.56. The second-order valence-corrected chi connectivity index (χ2v) is 6.56. The van der Waals surface area contributed by atoms with Gasteiger partial charge in [0.2, 0.25) is 0 Å². The number of pyridine rings is 1. The Labute approximate surface area is 177 Å².